The second-order valence-corrected chi connectivity index (χ2v) is 5.24. The summed E-state index contributed by atoms with van der Waals surface area (Å²) in [5.41, 5.74) is 1.45. The van der Waals surface area contributed by atoms with Gasteiger partial charge >= 0.3 is 0 Å². The Balaban J connectivity index is 2.00. The van der Waals surface area contributed by atoms with Crippen molar-refractivity contribution < 1.29 is 14.3 Å². The van der Waals surface area contributed by atoms with E-state index >= 15 is 0 Å². The van der Waals surface area contributed by atoms with Crippen LogP contribution < -0.4 is 4.74 Å². The number of ketones is 1. The quantitative estimate of drug-likeness (QED) is 0.739. The van der Waals surface area contributed by atoms with Crippen LogP contribution in [-0.4, -0.2) is 19.5 Å². The molecule has 2 rings (SSSR count). The maximum Gasteiger partial charge on any atom is 0.200 e. The molecule has 0 saturated carbocycles. The number of ether oxygens (including phenoxy) is 2. The average Bonchev–Trinajstić information content (AvgIpc) is 2.48. The standard InChI is InChI=1S/C16H14Cl2O3/c1-20-9-11-3-2-4-13(7-11)21-10-16(19)12-5-6-14(17)15(18)8-12/h2-8H,9-10H2,1H3. The maximum atomic E-state index is 12.0. The molecule has 21 heavy (non-hydrogen) atoms. The lowest BCUT2D eigenvalue weighted by Crippen LogP contribution is -2.11. The fraction of sp³-hybridized carbons (Fsp3) is 0.188. The first-order valence-corrected chi connectivity index (χ1v) is 7.04. The molecule has 0 amide bonds. The van der Waals surface area contributed by atoms with Crippen LogP contribution >= 0.6 is 23.2 Å². The van der Waals surface area contributed by atoms with E-state index in [1.807, 2.05) is 18.2 Å². The van der Waals surface area contributed by atoms with Gasteiger partial charge in [-0.1, -0.05) is 35.3 Å². The lowest BCUT2D eigenvalue weighted by Gasteiger charge is -2.08. The number of hydrogen-bond donors (Lipinski definition) is 0. The van der Waals surface area contributed by atoms with Gasteiger partial charge in [-0.2, -0.15) is 0 Å². The lowest BCUT2D eigenvalue weighted by atomic mass is 10.1. The molecule has 0 saturated heterocycles. The molecule has 3 nitrogen and oxygen atoms in total. The van der Waals surface area contributed by atoms with Gasteiger partial charge < -0.3 is 9.47 Å². The van der Waals surface area contributed by atoms with Crippen LogP contribution in [0.15, 0.2) is 42.5 Å². The van der Waals surface area contributed by atoms with Crippen LogP contribution in [0.3, 0.4) is 0 Å². The van der Waals surface area contributed by atoms with E-state index in [2.05, 4.69) is 0 Å². The predicted octanol–water partition coefficient (Wildman–Crippen LogP) is 4.40. The third kappa shape index (κ3) is 4.46. The molecule has 2 aromatic rings. The third-order valence-corrected chi connectivity index (χ3v) is 3.56. The van der Waals surface area contributed by atoms with E-state index < -0.39 is 0 Å². The Morgan fingerprint density at radius 1 is 1.10 bits per heavy atom. The van der Waals surface area contributed by atoms with E-state index in [0.29, 0.717) is 28.0 Å². The number of Topliss-reactive ketones (excluding diaryl/α,β-unsaturated/α-hetero) is 1. The molecule has 5 heteroatoms. The van der Waals surface area contributed by atoms with Gasteiger partial charge in [-0.15, -0.1) is 0 Å². The van der Waals surface area contributed by atoms with E-state index in [1.54, 1.807) is 25.3 Å². The van der Waals surface area contributed by atoms with Crippen molar-refractivity contribution in [2.45, 2.75) is 6.61 Å². The number of halogens is 2. The molecule has 0 fully saturated rings. The van der Waals surface area contributed by atoms with Gasteiger partial charge in [0.25, 0.3) is 0 Å². The maximum absolute atomic E-state index is 12.0. The number of carbonyl (C=O) groups is 1. The smallest absolute Gasteiger partial charge is 0.200 e. The Morgan fingerprint density at radius 3 is 2.62 bits per heavy atom. The van der Waals surface area contributed by atoms with Crippen molar-refractivity contribution in [2.75, 3.05) is 13.7 Å². The highest BCUT2D eigenvalue weighted by atomic mass is 35.5. The molecule has 0 aliphatic rings. The number of carbonyl (C=O) groups excluding carboxylic acids is 1. The summed E-state index contributed by atoms with van der Waals surface area (Å²) in [5, 5.41) is 0.769. The minimum Gasteiger partial charge on any atom is -0.485 e. The Morgan fingerprint density at radius 2 is 1.90 bits per heavy atom. The summed E-state index contributed by atoms with van der Waals surface area (Å²) in [6.45, 7) is 0.437. The molecule has 0 spiro atoms. The van der Waals surface area contributed by atoms with E-state index in [-0.39, 0.29) is 12.4 Å². The first kappa shape index (κ1) is 15.8. The minimum absolute atomic E-state index is 0.0611. The molecule has 2 aromatic carbocycles. The molecule has 0 aromatic heterocycles. The van der Waals surface area contributed by atoms with E-state index in [0.717, 1.165) is 5.56 Å². The van der Waals surface area contributed by atoms with Crippen molar-refractivity contribution in [3.63, 3.8) is 0 Å². The normalized spacial score (nSPS) is 10.4. The first-order chi connectivity index (χ1) is 10.1. The molecular formula is C16H14Cl2O3. The monoisotopic (exact) mass is 324 g/mol. The second kappa shape index (κ2) is 7.46. The van der Waals surface area contributed by atoms with Gasteiger partial charge in [0.15, 0.2) is 12.4 Å². The summed E-state index contributed by atoms with van der Waals surface area (Å²) >= 11 is 11.7. The minimum atomic E-state index is -0.161. The first-order valence-electron chi connectivity index (χ1n) is 6.29. The molecule has 0 unspecified atom stereocenters. The van der Waals surface area contributed by atoms with Crippen molar-refractivity contribution >= 4 is 29.0 Å². The molecule has 0 bridgehead atoms. The van der Waals surface area contributed by atoms with Crippen molar-refractivity contribution in [2.24, 2.45) is 0 Å². The zero-order chi connectivity index (χ0) is 15.2. The largest absolute Gasteiger partial charge is 0.485 e. The summed E-state index contributed by atoms with van der Waals surface area (Å²) in [4.78, 5) is 12.0. The van der Waals surface area contributed by atoms with Gasteiger partial charge in [0.1, 0.15) is 5.75 Å². The summed E-state index contributed by atoms with van der Waals surface area (Å²) in [5.74, 6) is 0.462. The summed E-state index contributed by atoms with van der Waals surface area (Å²) in [6.07, 6.45) is 0. The highest BCUT2D eigenvalue weighted by Gasteiger charge is 2.09. The van der Waals surface area contributed by atoms with Gasteiger partial charge in [0, 0.05) is 12.7 Å². The average molecular weight is 325 g/mol. The molecular weight excluding hydrogens is 311 g/mol. The number of benzene rings is 2. The third-order valence-electron chi connectivity index (χ3n) is 2.82. The van der Waals surface area contributed by atoms with Crippen LogP contribution in [0.25, 0.3) is 0 Å². The van der Waals surface area contributed by atoms with Crippen molar-refractivity contribution in [3.8, 4) is 5.75 Å². The zero-order valence-electron chi connectivity index (χ0n) is 11.4. The van der Waals surface area contributed by atoms with Crippen LogP contribution in [-0.2, 0) is 11.3 Å². The Bertz CT molecular complexity index is 641. The van der Waals surface area contributed by atoms with Crippen LogP contribution in [0.2, 0.25) is 10.0 Å². The molecule has 0 radical (unpaired) electrons. The van der Waals surface area contributed by atoms with Gasteiger partial charge in [0.05, 0.1) is 16.7 Å². The van der Waals surface area contributed by atoms with Crippen molar-refractivity contribution in [1.82, 2.24) is 0 Å². The summed E-state index contributed by atoms with van der Waals surface area (Å²) in [7, 11) is 1.63. The van der Waals surface area contributed by atoms with Crippen LogP contribution in [0, 0.1) is 0 Å². The Kier molecular flexibility index (Phi) is 5.62. The highest BCUT2D eigenvalue weighted by molar-refractivity contribution is 6.42. The molecule has 0 heterocycles. The molecule has 0 aliphatic heterocycles. The SMILES string of the molecule is COCc1cccc(OCC(=O)c2ccc(Cl)c(Cl)c2)c1. The van der Waals surface area contributed by atoms with E-state index in [4.69, 9.17) is 32.7 Å². The highest BCUT2D eigenvalue weighted by Crippen LogP contribution is 2.23. The number of rotatable bonds is 6. The van der Waals surface area contributed by atoms with Crippen molar-refractivity contribution in [1.29, 1.82) is 0 Å². The van der Waals surface area contributed by atoms with Crippen LogP contribution in [0.4, 0.5) is 0 Å². The zero-order valence-corrected chi connectivity index (χ0v) is 12.9. The molecule has 110 valence electrons. The Hall–Kier alpha value is -1.55. The molecule has 0 aliphatic carbocycles. The van der Waals surface area contributed by atoms with E-state index in [9.17, 15) is 4.79 Å². The second-order valence-electron chi connectivity index (χ2n) is 4.42. The van der Waals surface area contributed by atoms with Gasteiger partial charge in [-0.3, -0.25) is 4.79 Å². The number of hydrogen-bond acceptors (Lipinski definition) is 3. The van der Waals surface area contributed by atoms with Crippen molar-refractivity contribution in [3.05, 3.63) is 63.6 Å². The van der Waals surface area contributed by atoms with Crippen LogP contribution in [0.5, 0.6) is 5.75 Å². The van der Waals surface area contributed by atoms with Gasteiger partial charge in [-0.25, -0.2) is 0 Å². The topological polar surface area (TPSA) is 35.5 Å². The van der Waals surface area contributed by atoms with Crippen LogP contribution in [0.1, 0.15) is 15.9 Å². The number of methoxy groups -OCH3 is 1. The molecule has 0 atom stereocenters. The van der Waals surface area contributed by atoms with E-state index in [1.165, 1.54) is 6.07 Å². The predicted molar refractivity (Wildman–Crippen MR) is 83.4 cm³/mol. The fourth-order valence-electron chi connectivity index (χ4n) is 1.79. The summed E-state index contributed by atoms with van der Waals surface area (Å²) in [6, 6.07) is 12.2. The lowest BCUT2D eigenvalue weighted by molar-refractivity contribution is 0.0921. The molecule has 0 N–H and O–H groups in total. The van der Waals surface area contributed by atoms with Gasteiger partial charge in [-0.05, 0) is 35.9 Å². The summed E-state index contributed by atoms with van der Waals surface area (Å²) < 4.78 is 10.6. The fourth-order valence-corrected chi connectivity index (χ4v) is 2.09. The Labute approximate surface area is 133 Å². The van der Waals surface area contributed by atoms with Gasteiger partial charge in [0.2, 0.25) is 0 Å².